The second-order valence-electron chi connectivity index (χ2n) is 14.8. The molecule has 0 N–H and O–H groups in total. The average Bonchev–Trinajstić information content (AvgIpc) is 3.99. The second kappa shape index (κ2) is 13.3. The summed E-state index contributed by atoms with van der Waals surface area (Å²) in [4.78, 5) is 2.55. The lowest BCUT2D eigenvalue weighted by atomic mass is 9.97. The third-order valence-electron chi connectivity index (χ3n) is 11.5. The number of benzene rings is 9. The van der Waals surface area contributed by atoms with Gasteiger partial charge in [0.1, 0.15) is 11.2 Å². The summed E-state index contributed by atoms with van der Waals surface area (Å²) in [6, 6.07) is 72.6. The van der Waals surface area contributed by atoms with Crippen molar-refractivity contribution >= 4 is 102 Å². The van der Waals surface area contributed by atoms with Crippen LogP contribution < -0.4 is 4.90 Å². The molecular formula is C54H33NOS2. The zero-order valence-corrected chi connectivity index (χ0v) is 32.9. The Morgan fingerprint density at radius 2 is 0.914 bits per heavy atom. The van der Waals surface area contributed by atoms with Gasteiger partial charge in [0.05, 0.1) is 22.4 Å². The number of anilines is 3. The fourth-order valence-corrected chi connectivity index (χ4v) is 11.2. The van der Waals surface area contributed by atoms with Crippen molar-refractivity contribution in [3.05, 3.63) is 200 Å². The van der Waals surface area contributed by atoms with Crippen LogP contribution in [0.1, 0.15) is 0 Å². The molecule has 0 aliphatic heterocycles. The van der Waals surface area contributed by atoms with E-state index < -0.39 is 0 Å². The molecule has 0 aliphatic carbocycles. The van der Waals surface area contributed by atoms with E-state index in [-0.39, 0.29) is 0 Å². The number of fused-ring (bicyclic) bond motifs is 9. The topological polar surface area (TPSA) is 16.4 Å². The first-order valence-corrected chi connectivity index (χ1v) is 21.2. The highest BCUT2D eigenvalue weighted by atomic mass is 32.1. The highest BCUT2D eigenvalue weighted by Crippen LogP contribution is 2.53. The van der Waals surface area contributed by atoms with Crippen molar-refractivity contribution in [2.24, 2.45) is 0 Å². The van der Waals surface area contributed by atoms with E-state index in [0.29, 0.717) is 0 Å². The lowest BCUT2D eigenvalue weighted by Crippen LogP contribution is -2.11. The normalized spacial score (nSPS) is 11.8. The average molecular weight is 776 g/mol. The summed E-state index contributed by atoms with van der Waals surface area (Å²) < 4.78 is 12.1. The van der Waals surface area contributed by atoms with Gasteiger partial charge in [0.25, 0.3) is 0 Å². The molecule has 0 atom stereocenters. The van der Waals surface area contributed by atoms with Crippen molar-refractivity contribution in [2.75, 3.05) is 4.90 Å². The Labute approximate surface area is 343 Å². The fraction of sp³-hybridized carbons (Fsp3) is 0. The van der Waals surface area contributed by atoms with E-state index in [2.05, 4.69) is 205 Å². The lowest BCUT2D eigenvalue weighted by molar-refractivity contribution is 0.669. The van der Waals surface area contributed by atoms with Crippen LogP contribution in [-0.2, 0) is 0 Å². The zero-order chi connectivity index (χ0) is 38.2. The molecule has 58 heavy (non-hydrogen) atoms. The van der Waals surface area contributed by atoms with Gasteiger partial charge in [-0.3, -0.25) is 0 Å². The minimum Gasteiger partial charge on any atom is -0.456 e. The van der Waals surface area contributed by atoms with Crippen molar-refractivity contribution in [3.8, 4) is 33.4 Å². The zero-order valence-electron chi connectivity index (χ0n) is 31.2. The fourth-order valence-electron chi connectivity index (χ4n) is 8.84. The number of hydrogen-bond acceptors (Lipinski definition) is 4. The smallest absolute Gasteiger partial charge is 0.138 e. The maximum Gasteiger partial charge on any atom is 0.138 e. The van der Waals surface area contributed by atoms with E-state index in [0.717, 1.165) is 61.3 Å². The van der Waals surface area contributed by atoms with E-state index in [4.69, 9.17) is 4.42 Å². The Balaban J connectivity index is 1.24. The first kappa shape index (κ1) is 33.2. The summed E-state index contributed by atoms with van der Waals surface area (Å²) in [7, 11) is 0. The third kappa shape index (κ3) is 5.23. The van der Waals surface area contributed by atoms with Crippen LogP contribution in [0, 0.1) is 0 Å². The molecule has 3 heterocycles. The predicted octanol–water partition coefficient (Wildman–Crippen LogP) is 16.8. The summed E-state index contributed by atoms with van der Waals surface area (Å²) in [6.07, 6.45) is 0. The lowest BCUT2D eigenvalue weighted by Gasteiger charge is -2.29. The summed E-state index contributed by atoms with van der Waals surface area (Å²) in [5.41, 5.74) is 12.1. The van der Waals surface area contributed by atoms with Gasteiger partial charge >= 0.3 is 0 Å². The van der Waals surface area contributed by atoms with Crippen molar-refractivity contribution in [2.45, 2.75) is 0 Å². The molecule has 0 amide bonds. The molecule has 2 nitrogen and oxygen atoms in total. The first-order chi connectivity index (χ1) is 28.8. The summed E-state index contributed by atoms with van der Waals surface area (Å²) in [5.74, 6) is 0. The van der Waals surface area contributed by atoms with E-state index in [9.17, 15) is 0 Å². The number of thiophene rings is 2. The Hall–Kier alpha value is -6.98. The highest BCUT2D eigenvalue weighted by Gasteiger charge is 2.27. The second-order valence-corrected chi connectivity index (χ2v) is 16.9. The van der Waals surface area contributed by atoms with Crippen LogP contribution in [0.3, 0.4) is 0 Å². The first-order valence-electron chi connectivity index (χ1n) is 19.6. The molecule has 0 saturated carbocycles. The molecule has 0 bridgehead atoms. The Morgan fingerprint density at radius 3 is 1.66 bits per heavy atom. The summed E-state index contributed by atoms with van der Waals surface area (Å²) >= 11 is 3.73. The number of furan rings is 1. The van der Waals surface area contributed by atoms with Gasteiger partial charge in [-0.05, 0) is 88.0 Å². The molecule has 0 fully saturated rings. The van der Waals surface area contributed by atoms with Gasteiger partial charge in [-0.2, -0.15) is 0 Å². The van der Waals surface area contributed by atoms with E-state index in [1.165, 1.54) is 51.5 Å². The minimum absolute atomic E-state index is 0.858. The number of hydrogen-bond donors (Lipinski definition) is 0. The van der Waals surface area contributed by atoms with Gasteiger partial charge in [-0.15, -0.1) is 22.7 Å². The molecule has 0 radical (unpaired) electrons. The molecular weight excluding hydrogens is 743 g/mol. The predicted molar refractivity (Wildman–Crippen MR) is 250 cm³/mol. The monoisotopic (exact) mass is 775 g/mol. The van der Waals surface area contributed by atoms with Gasteiger partial charge in [-0.25, -0.2) is 0 Å². The van der Waals surface area contributed by atoms with Crippen molar-refractivity contribution < 1.29 is 4.42 Å². The molecule has 0 unspecified atom stereocenters. The van der Waals surface area contributed by atoms with Crippen LogP contribution in [0.5, 0.6) is 0 Å². The van der Waals surface area contributed by atoms with Crippen molar-refractivity contribution in [1.29, 1.82) is 0 Å². The minimum atomic E-state index is 0.858. The molecule has 0 spiro atoms. The van der Waals surface area contributed by atoms with Crippen LogP contribution in [0.2, 0.25) is 0 Å². The molecule has 0 saturated heterocycles. The SMILES string of the molecule is c1ccc(-c2ccc3c(c2)oc2cc(-c4ccccc4)cc(N(c4cccc5sc6ccccc6c45)c4ccc(-c5ccccc5)c5sc6ccccc6c45)c23)cc1. The van der Waals surface area contributed by atoms with Crippen LogP contribution in [0.25, 0.3) is 95.7 Å². The Bertz CT molecular complexity index is 3510. The van der Waals surface area contributed by atoms with Gasteiger partial charge in [0.15, 0.2) is 0 Å². The van der Waals surface area contributed by atoms with E-state index in [1.54, 1.807) is 0 Å². The largest absolute Gasteiger partial charge is 0.456 e. The molecule has 12 aromatic rings. The van der Waals surface area contributed by atoms with Crippen molar-refractivity contribution in [1.82, 2.24) is 0 Å². The molecule has 272 valence electrons. The van der Waals surface area contributed by atoms with Crippen LogP contribution >= 0.6 is 22.7 Å². The summed E-state index contributed by atoms with van der Waals surface area (Å²) in [5, 5.41) is 7.18. The standard InChI is InChI=1S/C54H33NOS2/c1-4-15-34(16-5-1)37-27-28-40-46(32-37)56-47-33-38(35-17-6-2-7-18-35)31-45(51(40)47)55(43-23-14-26-50-52(43)41-21-10-12-24-48(41)57-50)44-30-29-39(36-19-8-3-9-20-36)54-53(44)42-22-11-13-25-49(42)58-54/h1-33H. The Kier molecular flexibility index (Phi) is 7.62. The third-order valence-corrected chi connectivity index (χ3v) is 13.8. The van der Waals surface area contributed by atoms with Crippen molar-refractivity contribution in [3.63, 3.8) is 0 Å². The van der Waals surface area contributed by atoms with Gasteiger partial charge in [0, 0.05) is 45.7 Å². The van der Waals surface area contributed by atoms with Crippen LogP contribution in [-0.4, -0.2) is 0 Å². The van der Waals surface area contributed by atoms with Gasteiger partial charge < -0.3 is 9.32 Å². The maximum absolute atomic E-state index is 6.98. The van der Waals surface area contributed by atoms with Crippen LogP contribution in [0.4, 0.5) is 17.1 Å². The van der Waals surface area contributed by atoms with Gasteiger partial charge in [0.2, 0.25) is 0 Å². The molecule has 0 aliphatic rings. The van der Waals surface area contributed by atoms with E-state index in [1.807, 2.05) is 22.7 Å². The molecule has 12 rings (SSSR count). The number of rotatable bonds is 6. The molecule has 9 aromatic carbocycles. The molecule has 4 heteroatoms. The summed E-state index contributed by atoms with van der Waals surface area (Å²) in [6.45, 7) is 0. The van der Waals surface area contributed by atoms with Gasteiger partial charge in [-0.1, -0.05) is 146 Å². The highest BCUT2D eigenvalue weighted by molar-refractivity contribution is 7.26. The number of nitrogens with zero attached hydrogens (tertiary/aromatic N) is 1. The van der Waals surface area contributed by atoms with Crippen LogP contribution in [0.15, 0.2) is 205 Å². The molecule has 3 aromatic heterocycles. The maximum atomic E-state index is 6.98. The quantitative estimate of drug-likeness (QED) is 0.167. The Morgan fingerprint density at radius 1 is 0.328 bits per heavy atom. The van der Waals surface area contributed by atoms with E-state index >= 15 is 0 Å².